The molecule has 0 atom stereocenters. The number of rotatable bonds is 3. The first-order valence-electron chi connectivity index (χ1n) is 4.88. The van der Waals surface area contributed by atoms with Gasteiger partial charge in [-0.3, -0.25) is 0 Å². The van der Waals surface area contributed by atoms with Gasteiger partial charge in [0.2, 0.25) is 0 Å². The van der Waals surface area contributed by atoms with Gasteiger partial charge in [0.05, 0.1) is 9.90 Å². The molecule has 2 rings (SSSR count). The van der Waals surface area contributed by atoms with Crippen molar-refractivity contribution in [2.24, 2.45) is 0 Å². The van der Waals surface area contributed by atoms with Gasteiger partial charge in [0, 0.05) is 11.6 Å². The Labute approximate surface area is 109 Å². The van der Waals surface area contributed by atoms with Crippen molar-refractivity contribution in [3.05, 3.63) is 45.3 Å². The van der Waals surface area contributed by atoms with Crippen molar-refractivity contribution in [3.8, 4) is 10.4 Å². The molecule has 0 saturated heterocycles. The maximum absolute atomic E-state index is 6.11. The second-order valence-corrected chi connectivity index (χ2v) is 5.16. The van der Waals surface area contributed by atoms with Gasteiger partial charge in [-0.15, -0.1) is 11.3 Å². The van der Waals surface area contributed by atoms with Crippen LogP contribution < -0.4 is 5.32 Å². The number of hydrogen-bond acceptors (Lipinski definition) is 2. The van der Waals surface area contributed by atoms with Crippen molar-refractivity contribution in [1.29, 1.82) is 0 Å². The number of halogens is 2. The van der Waals surface area contributed by atoms with Crippen molar-refractivity contribution in [2.45, 2.75) is 6.54 Å². The number of thiophene rings is 1. The van der Waals surface area contributed by atoms with Crippen LogP contribution in [0.3, 0.4) is 0 Å². The highest BCUT2D eigenvalue weighted by atomic mass is 35.5. The molecule has 84 valence electrons. The molecule has 0 fully saturated rings. The lowest BCUT2D eigenvalue weighted by Gasteiger charge is -2.06. The largest absolute Gasteiger partial charge is 0.316 e. The minimum Gasteiger partial charge on any atom is -0.316 e. The smallest absolute Gasteiger partial charge is 0.0592 e. The summed E-state index contributed by atoms with van der Waals surface area (Å²) in [5, 5.41) is 6.67. The van der Waals surface area contributed by atoms with Crippen molar-refractivity contribution < 1.29 is 0 Å². The molecule has 2 aromatic rings. The van der Waals surface area contributed by atoms with Crippen LogP contribution in [-0.4, -0.2) is 7.05 Å². The Morgan fingerprint density at radius 3 is 2.62 bits per heavy atom. The van der Waals surface area contributed by atoms with Crippen LogP contribution in [0.5, 0.6) is 0 Å². The van der Waals surface area contributed by atoms with E-state index in [0.717, 1.165) is 32.6 Å². The second-order valence-electron chi connectivity index (χ2n) is 3.43. The lowest BCUT2D eigenvalue weighted by molar-refractivity contribution is 0.818. The fraction of sp³-hybridized carbons (Fsp3) is 0.167. The van der Waals surface area contributed by atoms with Crippen molar-refractivity contribution in [1.82, 2.24) is 5.32 Å². The van der Waals surface area contributed by atoms with Gasteiger partial charge in [-0.1, -0.05) is 29.3 Å². The highest BCUT2D eigenvalue weighted by Crippen LogP contribution is 2.34. The van der Waals surface area contributed by atoms with Crippen LogP contribution in [0.4, 0.5) is 0 Å². The molecule has 0 bridgehead atoms. The molecule has 1 aromatic heterocycles. The van der Waals surface area contributed by atoms with E-state index in [1.54, 1.807) is 11.3 Å². The summed E-state index contributed by atoms with van der Waals surface area (Å²) in [5.41, 5.74) is 2.21. The summed E-state index contributed by atoms with van der Waals surface area (Å²) in [6.07, 6.45) is 0. The lowest BCUT2D eigenvalue weighted by atomic mass is 10.1. The standard InChI is InChI=1S/C12H11Cl2NS/c1-15-7-9-6-8(2-3-10(9)13)12-11(14)4-5-16-12/h2-6,15H,7H2,1H3. The molecule has 0 aliphatic carbocycles. The highest BCUT2D eigenvalue weighted by molar-refractivity contribution is 7.14. The zero-order valence-electron chi connectivity index (χ0n) is 8.76. The van der Waals surface area contributed by atoms with Crippen LogP contribution in [0.2, 0.25) is 10.0 Å². The second kappa shape index (κ2) is 5.19. The first-order valence-corrected chi connectivity index (χ1v) is 6.52. The highest BCUT2D eigenvalue weighted by Gasteiger charge is 2.07. The SMILES string of the molecule is CNCc1cc(-c2sccc2Cl)ccc1Cl. The van der Waals surface area contributed by atoms with Gasteiger partial charge < -0.3 is 5.32 Å². The van der Waals surface area contributed by atoms with Gasteiger partial charge in [0.15, 0.2) is 0 Å². The van der Waals surface area contributed by atoms with Gasteiger partial charge in [-0.05, 0) is 41.8 Å². The maximum atomic E-state index is 6.11. The predicted molar refractivity (Wildman–Crippen MR) is 72.5 cm³/mol. The Balaban J connectivity index is 2.43. The summed E-state index contributed by atoms with van der Waals surface area (Å²) in [4.78, 5) is 1.09. The Morgan fingerprint density at radius 1 is 1.19 bits per heavy atom. The third-order valence-corrected chi connectivity index (χ3v) is 4.05. The minimum absolute atomic E-state index is 0.760. The molecule has 0 aliphatic rings. The monoisotopic (exact) mass is 271 g/mol. The topological polar surface area (TPSA) is 12.0 Å². The fourth-order valence-electron chi connectivity index (χ4n) is 1.54. The molecule has 0 amide bonds. The molecule has 1 nitrogen and oxygen atoms in total. The normalized spacial score (nSPS) is 10.7. The number of hydrogen-bond donors (Lipinski definition) is 1. The van der Waals surface area contributed by atoms with Gasteiger partial charge in [-0.2, -0.15) is 0 Å². The summed E-state index contributed by atoms with van der Waals surface area (Å²) >= 11 is 13.9. The Kier molecular flexibility index (Phi) is 3.87. The summed E-state index contributed by atoms with van der Waals surface area (Å²) in [6.45, 7) is 0.760. The van der Waals surface area contributed by atoms with Crippen molar-refractivity contribution >= 4 is 34.5 Å². The van der Waals surface area contributed by atoms with E-state index in [0.29, 0.717) is 0 Å². The van der Waals surface area contributed by atoms with Crippen molar-refractivity contribution in [3.63, 3.8) is 0 Å². The third kappa shape index (κ3) is 2.41. The molecule has 0 unspecified atom stereocenters. The van der Waals surface area contributed by atoms with Gasteiger partial charge in [0.1, 0.15) is 0 Å². The van der Waals surface area contributed by atoms with Crippen LogP contribution in [0.15, 0.2) is 29.6 Å². The van der Waals surface area contributed by atoms with Crippen LogP contribution >= 0.6 is 34.5 Å². The average molecular weight is 272 g/mol. The molecule has 0 spiro atoms. The van der Waals surface area contributed by atoms with Crippen LogP contribution in [0.1, 0.15) is 5.56 Å². The van der Waals surface area contributed by atoms with E-state index in [-0.39, 0.29) is 0 Å². The summed E-state index contributed by atoms with van der Waals surface area (Å²) in [5.74, 6) is 0. The first kappa shape index (κ1) is 11.9. The molecule has 0 radical (unpaired) electrons. The molecule has 0 aliphatic heterocycles. The van der Waals surface area contributed by atoms with Crippen LogP contribution in [0.25, 0.3) is 10.4 Å². The summed E-state index contributed by atoms with van der Waals surface area (Å²) in [7, 11) is 1.90. The minimum atomic E-state index is 0.760. The molecule has 1 heterocycles. The van der Waals surface area contributed by atoms with Crippen LogP contribution in [-0.2, 0) is 6.54 Å². The molecule has 1 aromatic carbocycles. The fourth-order valence-corrected chi connectivity index (χ4v) is 2.89. The van der Waals surface area contributed by atoms with E-state index < -0.39 is 0 Å². The quantitative estimate of drug-likeness (QED) is 0.870. The molecular formula is C12H11Cl2NS. The summed E-state index contributed by atoms with van der Waals surface area (Å²) < 4.78 is 0. The Morgan fingerprint density at radius 2 is 2.00 bits per heavy atom. The van der Waals surface area contributed by atoms with Gasteiger partial charge in [-0.25, -0.2) is 0 Å². The maximum Gasteiger partial charge on any atom is 0.0592 e. The van der Waals surface area contributed by atoms with E-state index in [1.807, 2.05) is 30.6 Å². The van der Waals surface area contributed by atoms with E-state index in [2.05, 4.69) is 11.4 Å². The molecule has 16 heavy (non-hydrogen) atoms. The van der Waals surface area contributed by atoms with E-state index >= 15 is 0 Å². The number of nitrogens with one attached hydrogen (secondary N) is 1. The van der Waals surface area contributed by atoms with Gasteiger partial charge >= 0.3 is 0 Å². The third-order valence-electron chi connectivity index (χ3n) is 2.29. The molecule has 1 N–H and O–H groups in total. The predicted octanol–water partition coefficient (Wildman–Crippen LogP) is 4.44. The van der Waals surface area contributed by atoms with E-state index in [1.165, 1.54) is 0 Å². The van der Waals surface area contributed by atoms with Crippen LogP contribution in [0, 0.1) is 0 Å². The number of benzene rings is 1. The first-order chi connectivity index (χ1) is 7.72. The summed E-state index contributed by atoms with van der Waals surface area (Å²) in [6, 6.07) is 7.91. The molecule has 0 saturated carbocycles. The van der Waals surface area contributed by atoms with E-state index in [4.69, 9.17) is 23.2 Å². The lowest BCUT2D eigenvalue weighted by Crippen LogP contribution is -2.05. The molecule has 4 heteroatoms. The Bertz CT molecular complexity index is 494. The van der Waals surface area contributed by atoms with E-state index in [9.17, 15) is 0 Å². The van der Waals surface area contributed by atoms with Crippen molar-refractivity contribution in [2.75, 3.05) is 7.05 Å². The zero-order chi connectivity index (χ0) is 11.5. The van der Waals surface area contributed by atoms with Gasteiger partial charge in [0.25, 0.3) is 0 Å². The Hall–Kier alpha value is -0.540. The zero-order valence-corrected chi connectivity index (χ0v) is 11.1. The molecular weight excluding hydrogens is 261 g/mol. The average Bonchev–Trinajstić information content (AvgIpc) is 2.68.